The summed E-state index contributed by atoms with van der Waals surface area (Å²) in [6.45, 7) is 3.78. The van der Waals surface area contributed by atoms with E-state index in [1.165, 1.54) is 35.2 Å². The van der Waals surface area contributed by atoms with Gasteiger partial charge in [0.25, 0.3) is 5.91 Å². The molecular formula is C20H20F3N7O2. The predicted molar refractivity (Wildman–Crippen MR) is 107 cm³/mol. The van der Waals surface area contributed by atoms with E-state index >= 15 is 0 Å². The zero-order chi connectivity index (χ0) is 22.9. The quantitative estimate of drug-likeness (QED) is 0.610. The number of nitrogens with zero attached hydrogens (tertiary/aromatic N) is 7. The van der Waals surface area contributed by atoms with E-state index in [0.717, 1.165) is 0 Å². The Balaban J connectivity index is 1.58. The summed E-state index contributed by atoms with van der Waals surface area (Å²) in [4.78, 5) is 29.1. The number of halogens is 3. The second-order valence-electron chi connectivity index (χ2n) is 7.29. The van der Waals surface area contributed by atoms with Gasteiger partial charge in [0.05, 0.1) is 30.2 Å². The number of alkyl halides is 3. The summed E-state index contributed by atoms with van der Waals surface area (Å²) in [5.74, 6) is -1.50. The van der Waals surface area contributed by atoms with Crippen molar-refractivity contribution in [2.45, 2.75) is 26.1 Å². The Morgan fingerprint density at radius 3 is 2.56 bits per heavy atom. The molecule has 0 unspecified atom stereocenters. The van der Waals surface area contributed by atoms with Crippen molar-refractivity contribution < 1.29 is 22.8 Å². The molecule has 168 valence electrons. The molecule has 2 aromatic heterocycles. The lowest BCUT2D eigenvalue weighted by Gasteiger charge is -2.23. The molecule has 3 heterocycles. The number of benzene rings is 1. The number of amides is 1. The molecule has 1 saturated heterocycles. The van der Waals surface area contributed by atoms with Crippen LogP contribution in [0.25, 0.3) is 5.69 Å². The first-order valence-electron chi connectivity index (χ1n) is 9.84. The minimum absolute atomic E-state index is 0.00730. The van der Waals surface area contributed by atoms with Crippen LogP contribution in [0.2, 0.25) is 0 Å². The molecule has 0 aliphatic carbocycles. The Bertz CT molecular complexity index is 1100. The number of aryl methyl sites for hydroxylation is 1. The van der Waals surface area contributed by atoms with Crippen LogP contribution in [-0.2, 0) is 11.0 Å². The number of hydrogen-bond donors (Lipinski definition) is 0. The van der Waals surface area contributed by atoms with Crippen LogP contribution < -0.4 is 5.06 Å². The van der Waals surface area contributed by atoms with Gasteiger partial charge in [0.1, 0.15) is 6.10 Å². The molecule has 0 N–H and O–H groups in total. The molecule has 0 saturated carbocycles. The van der Waals surface area contributed by atoms with E-state index in [-0.39, 0.29) is 37.1 Å². The predicted octanol–water partition coefficient (Wildman–Crippen LogP) is 2.67. The van der Waals surface area contributed by atoms with Gasteiger partial charge in [-0.25, -0.2) is 15.0 Å². The van der Waals surface area contributed by atoms with Crippen LogP contribution in [-0.4, -0.2) is 61.5 Å². The highest BCUT2D eigenvalue weighted by molar-refractivity contribution is 5.97. The van der Waals surface area contributed by atoms with Crippen LogP contribution >= 0.6 is 0 Å². The number of hydrogen-bond acceptors (Lipinski definition) is 7. The normalized spacial score (nSPS) is 17.3. The number of carbonyl (C=O) groups excluding carboxylic acids is 1. The highest BCUT2D eigenvalue weighted by Crippen LogP contribution is 2.28. The van der Waals surface area contributed by atoms with Crippen molar-refractivity contribution in [2.75, 3.05) is 24.7 Å². The first-order chi connectivity index (χ1) is 15.2. The molecule has 1 amide bonds. The van der Waals surface area contributed by atoms with E-state index in [0.29, 0.717) is 11.3 Å². The standard InChI is InChI=1S/C20H20F3N7O2/c1-13-11-17(27-19(26-13)20(21,22)23)29-10-9-28(12-14(2)32-29)18(31)15-5-3-4-6-16(15)30-24-7-8-25-30/h3-8,11,14H,9-10,12H2,1-2H3/t14-/m0/s1. The lowest BCUT2D eigenvalue weighted by Crippen LogP contribution is -2.37. The van der Waals surface area contributed by atoms with Crippen LogP contribution in [0, 0.1) is 6.92 Å². The fourth-order valence-electron chi connectivity index (χ4n) is 3.42. The number of anilines is 1. The summed E-state index contributed by atoms with van der Waals surface area (Å²) in [5, 5.41) is 9.46. The molecule has 1 aliphatic heterocycles. The molecule has 0 radical (unpaired) electrons. The molecular weight excluding hydrogens is 427 g/mol. The molecule has 9 nitrogen and oxygen atoms in total. The van der Waals surface area contributed by atoms with E-state index in [2.05, 4.69) is 20.2 Å². The number of rotatable bonds is 3. The van der Waals surface area contributed by atoms with Gasteiger partial charge in [-0.2, -0.15) is 28.2 Å². The summed E-state index contributed by atoms with van der Waals surface area (Å²) in [5.41, 5.74) is 1.09. The monoisotopic (exact) mass is 447 g/mol. The largest absolute Gasteiger partial charge is 0.451 e. The van der Waals surface area contributed by atoms with Crippen LogP contribution in [0.15, 0.2) is 42.7 Å². The maximum Gasteiger partial charge on any atom is 0.451 e. The first-order valence-corrected chi connectivity index (χ1v) is 9.84. The van der Waals surface area contributed by atoms with Gasteiger partial charge in [-0.15, -0.1) is 0 Å². The van der Waals surface area contributed by atoms with Gasteiger partial charge >= 0.3 is 6.18 Å². The number of hydroxylamine groups is 1. The van der Waals surface area contributed by atoms with Crippen molar-refractivity contribution in [1.82, 2.24) is 29.9 Å². The zero-order valence-corrected chi connectivity index (χ0v) is 17.3. The van der Waals surface area contributed by atoms with Crippen LogP contribution in [0.4, 0.5) is 19.0 Å². The Kier molecular flexibility index (Phi) is 5.78. The van der Waals surface area contributed by atoms with E-state index in [1.807, 2.05) is 0 Å². The van der Waals surface area contributed by atoms with Gasteiger partial charge in [-0.1, -0.05) is 12.1 Å². The molecule has 1 fully saturated rings. The summed E-state index contributed by atoms with van der Waals surface area (Å²) in [6.07, 6.45) is -2.13. The minimum atomic E-state index is -4.68. The van der Waals surface area contributed by atoms with Crippen LogP contribution in [0.1, 0.15) is 28.8 Å². The van der Waals surface area contributed by atoms with Crippen molar-refractivity contribution >= 4 is 11.7 Å². The van der Waals surface area contributed by atoms with E-state index in [4.69, 9.17) is 4.84 Å². The maximum atomic E-state index is 13.3. The number of carbonyl (C=O) groups is 1. The molecule has 0 spiro atoms. The third-order valence-corrected chi connectivity index (χ3v) is 4.76. The smallest absolute Gasteiger partial charge is 0.334 e. The van der Waals surface area contributed by atoms with Crippen molar-refractivity contribution in [3.8, 4) is 5.69 Å². The van der Waals surface area contributed by atoms with Gasteiger partial charge in [0, 0.05) is 24.8 Å². The highest BCUT2D eigenvalue weighted by atomic mass is 19.4. The minimum Gasteiger partial charge on any atom is -0.334 e. The van der Waals surface area contributed by atoms with Crippen LogP contribution in [0.5, 0.6) is 0 Å². The molecule has 1 aromatic carbocycles. The van der Waals surface area contributed by atoms with Gasteiger partial charge in [0.15, 0.2) is 5.82 Å². The molecule has 12 heteroatoms. The molecule has 1 aliphatic rings. The zero-order valence-electron chi connectivity index (χ0n) is 17.3. The summed E-state index contributed by atoms with van der Waals surface area (Å²) >= 11 is 0. The third kappa shape index (κ3) is 4.54. The van der Waals surface area contributed by atoms with Crippen molar-refractivity contribution in [1.29, 1.82) is 0 Å². The second-order valence-corrected chi connectivity index (χ2v) is 7.29. The molecule has 0 bridgehead atoms. The van der Waals surface area contributed by atoms with Gasteiger partial charge in [0.2, 0.25) is 5.82 Å². The molecule has 4 rings (SSSR count). The van der Waals surface area contributed by atoms with E-state index in [1.54, 1.807) is 36.1 Å². The Morgan fingerprint density at radius 1 is 1.12 bits per heavy atom. The van der Waals surface area contributed by atoms with Gasteiger partial charge in [-0.05, 0) is 26.0 Å². The fourth-order valence-corrected chi connectivity index (χ4v) is 3.42. The Morgan fingerprint density at radius 2 is 1.84 bits per heavy atom. The summed E-state index contributed by atoms with van der Waals surface area (Å²) in [7, 11) is 0. The maximum absolute atomic E-state index is 13.3. The van der Waals surface area contributed by atoms with Crippen LogP contribution in [0.3, 0.4) is 0 Å². The Hall–Kier alpha value is -3.54. The lowest BCUT2D eigenvalue weighted by atomic mass is 10.1. The first kappa shape index (κ1) is 21.7. The van der Waals surface area contributed by atoms with Gasteiger partial charge < -0.3 is 4.90 Å². The lowest BCUT2D eigenvalue weighted by molar-refractivity contribution is -0.145. The number of para-hydroxylation sites is 1. The fraction of sp³-hybridized carbons (Fsp3) is 0.350. The third-order valence-electron chi connectivity index (χ3n) is 4.76. The second kappa shape index (κ2) is 8.54. The van der Waals surface area contributed by atoms with Crippen molar-refractivity contribution in [3.05, 3.63) is 59.8 Å². The molecule has 32 heavy (non-hydrogen) atoms. The van der Waals surface area contributed by atoms with E-state index in [9.17, 15) is 18.0 Å². The summed E-state index contributed by atoms with van der Waals surface area (Å²) < 4.78 is 39.4. The average molecular weight is 447 g/mol. The topological polar surface area (TPSA) is 89.3 Å². The Labute approximate surface area is 181 Å². The molecule has 3 aromatic rings. The number of aromatic nitrogens is 5. The SMILES string of the molecule is Cc1cc(N2CCN(C(=O)c3ccccc3-n3nccn3)C[C@H](C)O2)nc(C(F)(F)F)n1. The highest BCUT2D eigenvalue weighted by Gasteiger charge is 2.36. The van der Waals surface area contributed by atoms with Crippen molar-refractivity contribution in [2.24, 2.45) is 0 Å². The van der Waals surface area contributed by atoms with Gasteiger partial charge in [-0.3, -0.25) is 9.63 Å². The molecule has 1 atom stereocenters. The average Bonchev–Trinajstić information content (AvgIpc) is 3.21. The van der Waals surface area contributed by atoms with Crippen molar-refractivity contribution in [3.63, 3.8) is 0 Å². The summed E-state index contributed by atoms with van der Waals surface area (Å²) in [6, 6.07) is 8.35. The van der Waals surface area contributed by atoms with E-state index < -0.39 is 18.1 Å².